The largest absolute Gasteiger partial charge is 0.368 e. The first-order valence-electron chi connectivity index (χ1n) is 10.9. The van der Waals surface area contributed by atoms with Crippen molar-refractivity contribution >= 4 is 51.6 Å². The van der Waals surface area contributed by atoms with Crippen LogP contribution >= 0.6 is 22.9 Å². The highest BCUT2D eigenvalue weighted by Crippen LogP contribution is 2.21. The summed E-state index contributed by atoms with van der Waals surface area (Å²) in [6.07, 6.45) is 0.213. The predicted molar refractivity (Wildman–Crippen MR) is 129 cm³/mol. The molecule has 11 heteroatoms. The first-order valence-corrected chi connectivity index (χ1v) is 12.2. The molecule has 2 aromatic rings. The summed E-state index contributed by atoms with van der Waals surface area (Å²) in [6.45, 7) is 6.42. The van der Waals surface area contributed by atoms with Crippen molar-refractivity contribution in [3.05, 3.63) is 40.4 Å². The number of piperazine rings is 2. The van der Waals surface area contributed by atoms with Crippen LogP contribution in [0.15, 0.2) is 29.6 Å². The number of nitrogens with one attached hydrogen (secondary N) is 1. The van der Waals surface area contributed by atoms with E-state index in [0.29, 0.717) is 55.1 Å². The number of halogens is 1. The second-order valence-electron chi connectivity index (χ2n) is 8.09. The second-order valence-corrected chi connectivity index (χ2v) is 9.38. The van der Waals surface area contributed by atoms with Crippen LogP contribution in [0.2, 0.25) is 5.02 Å². The maximum absolute atomic E-state index is 12.7. The minimum Gasteiger partial charge on any atom is -0.368 e. The molecule has 0 saturated carbocycles. The van der Waals surface area contributed by atoms with Gasteiger partial charge in [-0.15, -0.1) is 11.3 Å². The van der Waals surface area contributed by atoms with E-state index in [9.17, 15) is 14.4 Å². The van der Waals surface area contributed by atoms with Crippen LogP contribution in [0.1, 0.15) is 12.6 Å². The third-order valence-corrected chi connectivity index (χ3v) is 6.99. The third-order valence-electron chi connectivity index (χ3n) is 5.93. The lowest BCUT2D eigenvalue weighted by molar-refractivity contribution is -0.131. The van der Waals surface area contributed by atoms with Gasteiger partial charge < -0.3 is 19.6 Å². The summed E-state index contributed by atoms with van der Waals surface area (Å²) in [7, 11) is 0. The zero-order valence-electron chi connectivity index (χ0n) is 18.5. The Morgan fingerprint density at radius 3 is 2.18 bits per heavy atom. The zero-order valence-corrected chi connectivity index (χ0v) is 20.1. The average Bonchev–Trinajstić information content (AvgIpc) is 3.26. The van der Waals surface area contributed by atoms with Gasteiger partial charge in [-0.25, -0.2) is 9.78 Å². The first kappa shape index (κ1) is 23.3. The maximum Gasteiger partial charge on any atom is 0.323 e. The van der Waals surface area contributed by atoms with Crippen LogP contribution in [-0.2, 0) is 16.0 Å². The van der Waals surface area contributed by atoms with Crippen LogP contribution in [0.3, 0.4) is 0 Å². The van der Waals surface area contributed by atoms with Crippen molar-refractivity contribution in [3.63, 3.8) is 0 Å². The van der Waals surface area contributed by atoms with Gasteiger partial charge in [0.2, 0.25) is 11.8 Å². The molecule has 4 rings (SSSR count). The number of carbonyl (C=O) groups excluding carboxylic acids is 3. The number of benzene rings is 1. The summed E-state index contributed by atoms with van der Waals surface area (Å²) in [6, 6.07) is 7.50. The minimum atomic E-state index is -0.233. The van der Waals surface area contributed by atoms with E-state index >= 15 is 0 Å². The van der Waals surface area contributed by atoms with Crippen LogP contribution in [-0.4, -0.2) is 89.9 Å². The van der Waals surface area contributed by atoms with Gasteiger partial charge in [0.15, 0.2) is 5.13 Å². The molecular formula is C22H27ClN6O3S. The number of thiazole rings is 1. The average molecular weight is 491 g/mol. The lowest BCUT2D eigenvalue weighted by Crippen LogP contribution is -2.51. The van der Waals surface area contributed by atoms with Gasteiger partial charge in [0, 0.05) is 75.4 Å². The number of hydrogen-bond acceptors (Lipinski definition) is 6. The lowest BCUT2D eigenvalue weighted by atomic mass is 10.2. The minimum absolute atomic E-state index is 0.0238. The molecule has 2 fully saturated rings. The number of rotatable bonds is 4. The number of nitrogens with zero attached hydrogens (tertiary/aromatic N) is 5. The maximum atomic E-state index is 12.7. The summed E-state index contributed by atoms with van der Waals surface area (Å²) in [5, 5.41) is 5.80. The van der Waals surface area contributed by atoms with Gasteiger partial charge >= 0.3 is 6.03 Å². The van der Waals surface area contributed by atoms with E-state index in [1.807, 2.05) is 34.5 Å². The van der Waals surface area contributed by atoms with Crippen LogP contribution in [0.25, 0.3) is 0 Å². The molecule has 0 aliphatic carbocycles. The first-order chi connectivity index (χ1) is 15.9. The molecule has 1 aromatic carbocycles. The molecule has 0 bridgehead atoms. The highest BCUT2D eigenvalue weighted by Gasteiger charge is 2.24. The van der Waals surface area contributed by atoms with Gasteiger partial charge in [0.25, 0.3) is 0 Å². The molecule has 0 unspecified atom stereocenters. The van der Waals surface area contributed by atoms with Crippen molar-refractivity contribution in [1.82, 2.24) is 19.7 Å². The second kappa shape index (κ2) is 10.4. The smallest absolute Gasteiger partial charge is 0.323 e. The molecule has 2 saturated heterocycles. The Balaban J connectivity index is 1.23. The summed E-state index contributed by atoms with van der Waals surface area (Å²) in [4.78, 5) is 48.6. The van der Waals surface area contributed by atoms with Crippen LogP contribution in [0, 0.1) is 0 Å². The van der Waals surface area contributed by atoms with Crippen molar-refractivity contribution in [2.24, 2.45) is 0 Å². The van der Waals surface area contributed by atoms with Gasteiger partial charge in [-0.2, -0.15) is 0 Å². The summed E-state index contributed by atoms with van der Waals surface area (Å²) < 4.78 is 0. The molecule has 3 heterocycles. The molecule has 0 atom stereocenters. The van der Waals surface area contributed by atoms with Crippen molar-refractivity contribution in [1.29, 1.82) is 0 Å². The molecule has 2 aliphatic rings. The summed E-state index contributed by atoms with van der Waals surface area (Å²) >= 11 is 7.27. The SMILES string of the molecule is CC(=O)N1CCN(C(=O)Nc2nc(CC(=O)N3CCN(c4ccc(Cl)cc4)CC3)cs2)CC1. The Kier molecular flexibility index (Phi) is 7.34. The molecule has 176 valence electrons. The van der Waals surface area contributed by atoms with Gasteiger partial charge in [-0.3, -0.25) is 14.9 Å². The standard InChI is InChI=1S/C22H27ClN6O3S/c1-16(30)26-6-12-29(13-7-26)22(32)25-21-24-18(15-33-21)14-20(31)28-10-8-27(9-11-28)19-4-2-17(23)3-5-19/h2-5,15H,6-14H2,1H3,(H,24,25,32). The van der Waals surface area contributed by atoms with Crippen molar-refractivity contribution in [3.8, 4) is 0 Å². The number of carbonyl (C=O) groups is 3. The number of hydrogen-bond donors (Lipinski definition) is 1. The Labute approximate surface area is 201 Å². The van der Waals surface area contributed by atoms with E-state index in [0.717, 1.165) is 18.8 Å². The Hall–Kier alpha value is -2.85. The molecule has 1 aromatic heterocycles. The fourth-order valence-electron chi connectivity index (χ4n) is 3.97. The van der Waals surface area contributed by atoms with E-state index in [2.05, 4.69) is 15.2 Å². The topological polar surface area (TPSA) is 89.1 Å². The summed E-state index contributed by atoms with van der Waals surface area (Å²) in [5.41, 5.74) is 1.76. The van der Waals surface area contributed by atoms with Crippen molar-refractivity contribution in [2.45, 2.75) is 13.3 Å². The number of aromatic nitrogens is 1. The molecule has 2 aliphatic heterocycles. The fraction of sp³-hybridized carbons (Fsp3) is 0.455. The number of anilines is 2. The molecule has 0 radical (unpaired) electrons. The highest BCUT2D eigenvalue weighted by atomic mass is 35.5. The van der Waals surface area contributed by atoms with Crippen LogP contribution in [0.4, 0.5) is 15.6 Å². The van der Waals surface area contributed by atoms with E-state index in [-0.39, 0.29) is 24.3 Å². The van der Waals surface area contributed by atoms with Crippen molar-refractivity contribution in [2.75, 3.05) is 62.6 Å². The van der Waals surface area contributed by atoms with E-state index in [1.54, 1.807) is 9.80 Å². The third kappa shape index (κ3) is 5.94. The Morgan fingerprint density at radius 2 is 1.55 bits per heavy atom. The van der Waals surface area contributed by atoms with Gasteiger partial charge in [0.05, 0.1) is 12.1 Å². The number of amides is 4. The van der Waals surface area contributed by atoms with E-state index < -0.39 is 0 Å². The number of urea groups is 1. The predicted octanol–water partition coefficient (Wildman–Crippen LogP) is 2.38. The van der Waals surface area contributed by atoms with Crippen molar-refractivity contribution < 1.29 is 14.4 Å². The normalized spacial score (nSPS) is 16.7. The lowest BCUT2D eigenvalue weighted by Gasteiger charge is -2.36. The summed E-state index contributed by atoms with van der Waals surface area (Å²) in [5.74, 6) is 0.0602. The van der Waals surface area contributed by atoms with Gasteiger partial charge in [-0.05, 0) is 24.3 Å². The van der Waals surface area contributed by atoms with Gasteiger partial charge in [0.1, 0.15) is 0 Å². The molecule has 4 amide bonds. The Morgan fingerprint density at radius 1 is 0.939 bits per heavy atom. The zero-order chi connectivity index (χ0) is 23.4. The molecule has 9 nitrogen and oxygen atoms in total. The molecule has 1 N–H and O–H groups in total. The van der Waals surface area contributed by atoms with Crippen LogP contribution in [0.5, 0.6) is 0 Å². The Bertz CT molecular complexity index is 998. The van der Waals surface area contributed by atoms with E-state index in [4.69, 9.17) is 11.6 Å². The highest BCUT2D eigenvalue weighted by molar-refractivity contribution is 7.13. The van der Waals surface area contributed by atoms with Gasteiger partial charge in [-0.1, -0.05) is 11.6 Å². The monoisotopic (exact) mass is 490 g/mol. The van der Waals surface area contributed by atoms with E-state index in [1.165, 1.54) is 18.3 Å². The fourth-order valence-corrected chi connectivity index (χ4v) is 4.80. The molecule has 0 spiro atoms. The quantitative estimate of drug-likeness (QED) is 0.710. The molecular weight excluding hydrogens is 464 g/mol. The van der Waals surface area contributed by atoms with Crippen LogP contribution < -0.4 is 10.2 Å². The molecule has 33 heavy (non-hydrogen) atoms.